The number of nitrogens with zero attached hydrogens (tertiary/aromatic N) is 3. The molecule has 5 heteroatoms. The Labute approximate surface area is 152 Å². The summed E-state index contributed by atoms with van der Waals surface area (Å²) in [6, 6.07) is 20.1. The summed E-state index contributed by atoms with van der Waals surface area (Å²) in [5, 5.41) is 3.25. The van der Waals surface area contributed by atoms with Crippen LogP contribution in [0.25, 0.3) is 0 Å². The zero-order chi connectivity index (χ0) is 17.8. The number of benzene rings is 2. The van der Waals surface area contributed by atoms with Gasteiger partial charge in [-0.05, 0) is 23.1 Å². The molecule has 1 aromatic heterocycles. The fourth-order valence-electron chi connectivity index (χ4n) is 3.19. The van der Waals surface area contributed by atoms with E-state index in [9.17, 15) is 4.79 Å². The number of rotatable bonds is 4. The fourth-order valence-corrected chi connectivity index (χ4v) is 3.19. The molecular formula is C21H20N4O. The normalized spacial score (nSPS) is 13.2. The van der Waals surface area contributed by atoms with Gasteiger partial charge in [0.15, 0.2) is 0 Å². The van der Waals surface area contributed by atoms with Crippen molar-refractivity contribution >= 4 is 11.7 Å². The van der Waals surface area contributed by atoms with Gasteiger partial charge in [0.25, 0.3) is 5.91 Å². The van der Waals surface area contributed by atoms with Crippen molar-refractivity contribution < 1.29 is 4.79 Å². The van der Waals surface area contributed by atoms with Crippen molar-refractivity contribution in [3.05, 3.63) is 89.4 Å². The second kappa shape index (κ2) is 7.35. The Bertz CT molecular complexity index is 911. The smallest absolute Gasteiger partial charge is 0.272 e. The van der Waals surface area contributed by atoms with E-state index in [4.69, 9.17) is 0 Å². The van der Waals surface area contributed by atoms with Crippen LogP contribution >= 0.6 is 0 Å². The van der Waals surface area contributed by atoms with E-state index in [1.165, 1.54) is 17.5 Å². The third-order valence-corrected chi connectivity index (χ3v) is 4.62. The number of carbonyl (C=O) groups is 1. The molecule has 0 radical (unpaired) electrons. The van der Waals surface area contributed by atoms with Gasteiger partial charge in [-0.2, -0.15) is 0 Å². The number of hydrogen-bond donors (Lipinski definition) is 1. The summed E-state index contributed by atoms with van der Waals surface area (Å²) in [7, 11) is 0. The standard InChI is InChI=1S/C21H20N4O/c26-21(25-11-10-17-8-4-5-9-18(17)14-25)19-12-20(24-15-23-19)22-13-16-6-2-1-3-7-16/h1-9,12,15H,10-11,13-14H2,(H,22,23,24). The largest absolute Gasteiger partial charge is 0.366 e. The maximum atomic E-state index is 12.8. The van der Waals surface area contributed by atoms with E-state index in [-0.39, 0.29) is 5.91 Å². The number of hydrogen-bond acceptors (Lipinski definition) is 4. The van der Waals surface area contributed by atoms with Crippen LogP contribution in [-0.2, 0) is 19.5 Å². The highest BCUT2D eigenvalue weighted by atomic mass is 16.2. The molecule has 5 nitrogen and oxygen atoms in total. The van der Waals surface area contributed by atoms with Crippen molar-refractivity contribution in [1.29, 1.82) is 0 Å². The lowest BCUT2D eigenvalue weighted by molar-refractivity contribution is 0.0728. The van der Waals surface area contributed by atoms with E-state index in [1.54, 1.807) is 6.07 Å². The molecule has 0 aliphatic carbocycles. The van der Waals surface area contributed by atoms with Crippen LogP contribution in [0.1, 0.15) is 27.2 Å². The van der Waals surface area contributed by atoms with E-state index >= 15 is 0 Å². The lowest BCUT2D eigenvalue weighted by atomic mass is 10.00. The Balaban J connectivity index is 1.45. The Morgan fingerprint density at radius 1 is 1.00 bits per heavy atom. The van der Waals surface area contributed by atoms with Crippen molar-refractivity contribution in [2.75, 3.05) is 11.9 Å². The molecule has 3 aromatic rings. The Kier molecular flexibility index (Phi) is 4.60. The molecule has 1 amide bonds. The van der Waals surface area contributed by atoms with Gasteiger partial charge in [0.1, 0.15) is 17.8 Å². The topological polar surface area (TPSA) is 58.1 Å². The molecule has 130 valence electrons. The summed E-state index contributed by atoms with van der Waals surface area (Å²) < 4.78 is 0. The lowest BCUT2D eigenvalue weighted by Crippen LogP contribution is -2.36. The second-order valence-corrected chi connectivity index (χ2v) is 6.37. The molecule has 0 bridgehead atoms. The van der Waals surface area contributed by atoms with Crippen LogP contribution in [0.3, 0.4) is 0 Å². The van der Waals surface area contributed by atoms with Crippen LogP contribution in [0.5, 0.6) is 0 Å². The quantitative estimate of drug-likeness (QED) is 0.789. The first-order valence-electron chi connectivity index (χ1n) is 8.75. The first-order valence-corrected chi connectivity index (χ1v) is 8.75. The molecule has 26 heavy (non-hydrogen) atoms. The summed E-state index contributed by atoms with van der Waals surface area (Å²) in [5.41, 5.74) is 4.12. The van der Waals surface area contributed by atoms with Crippen molar-refractivity contribution in [2.24, 2.45) is 0 Å². The number of nitrogens with one attached hydrogen (secondary N) is 1. The molecule has 1 N–H and O–H groups in total. The van der Waals surface area contributed by atoms with Crippen molar-refractivity contribution in [1.82, 2.24) is 14.9 Å². The minimum Gasteiger partial charge on any atom is -0.366 e. The predicted octanol–water partition coefficient (Wildman–Crippen LogP) is 3.29. The van der Waals surface area contributed by atoms with Crippen molar-refractivity contribution in [3.63, 3.8) is 0 Å². The van der Waals surface area contributed by atoms with Gasteiger partial charge >= 0.3 is 0 Å². The molecule has 0 saturated carbocycles. The number of aromatic nitrogens is 2. The van der Waals surface area contributed by atoms with Crippen LogP contribution in [0.15, 0.2) is 67.0 Å². The molecule has 0 fully saturated rings. The lowest BCUT2D eigenvalue weighted by Gasteiger charge is -2.28. The van der Waals surface area contributed by atoms with E-state index in [1.807, 2.05) is 47.4 Å². The van der Waals surface area contributed by atoms with E-state index in [2.05, 4.69) is 27.4 Å². The minimum absolute atomic E-state index is 0.0512. The van der Waals surface area contributed by atoms with Gasteiger partial charge in [0.2, 0.25) is 0 Å². The van der Waals surface area contributed by atoms with Gasteiger partial charge in [0, 0.05) is 25.7 Å². The Hall–Kier alpha value is -3.21. The maximum Gasteiger partial charge on any atom is 0.272 e. The second-order valence-electron chi connectivity index (χ2n) is 6.37. The third kappa shape index (κ3) is 3.57. The van der Waals surface area contributed by atoms with Gasteiger partial charge < -0.3 is 10.2 Å². The molecular weight excluding hydrogens is 324 g/mol. The van der Waals surface area contributed by atoms with E-state index in [0.717, 1.165) is 12.0 Å². The average Bonchev–Trinajstić information content (AvgIpc) is 2.72. The van der Waals surface area contributed by atoms with Crippen molar-refractivity contribution in [3.8, 4) is 0 Å². The zero-order valence-electron chi connectivity index (χ0n) is 14.4. The van der Waals surface area contributed by atoms with E-state index < -0.39 is 0 Å². The average molecular weight is 344 g/mol. The van der Waals surface area contributed by atoms with Crippen LogP contribution in [0, 0.1) is 0 Å². The summed E-state index contributed by atoms with van der Waals surface area (Å²) >= 11 is 0. The molecule has 0 saturated heterocycles. The van der Waals surface area contributed by atoms with Gasteiger partial charge in [-0.1, -0.05) is 54.6 Å². The highest BCUT2D eigenvalue weighted by molar-refractivity contribution is 5.93. The molecule has 2 heterocycles. The van der Waals surface area contributed by atoms with Crippen LogP contribution in [0.2, 0.25) is 0 Å². The number of amides is 1. The SMILES string of the molecule is O=C(c1cc(NCc2ccccc2)ncn1)N1CCc2ccccc2C1. The number of fused-ring (bicyclic) bond motifs is 1. The highest BCUT2D eigenvalue weighted by Crippen LogP contribution is 2.20. The van der Waals surface area contributed by atoms with Crippen LogP contribution in [0.4, 0.5) is 5.82 Å². The highest BCUT2D eigenvalue weighted by Gasteiger charge is 2.22. The molecule has 1 aliphatic heterocycles. The molecule has 4 rings (SSSR count). The van der Waals surface area contributed by atoms with Gasteiger partial charge in [-0.25, -0.2) is 9.97 Å². The summed E-state index contributed by atoms with van der Waals surface area (Å²) in [6.45, 7) is 2.00. The minimum atomic E-state index is -0.0512. The zero-order valence-corrected chi connectivity index (χ0v) is 14.4. The van der Waals surface area contributed by atoms with Gasteiger partial charge in [-0.3, -0.25) is 4.79 Å². The molecule has 1 aliphatic rings. The summed E-state index contributed by atoms with van der Waals surface area (Å²) in [4.78, 5) is 23.1. The summed E-state index contributed by atoms with van der Waals surface area (Å²) in [5.74, 6) is 0.606. The predicted molar refractivity (Wildman–Crippen MR) is 101 cm³/mol. The first kappa shape index (κ1) is 16.3. The Morgan fingerprint density at radius 3 is 2.62 bits per heavy atom. The summed E-state index contributed by atoms with van der Waals surface area (Å²) in [6.07, 6.45) is 2.32. The molecule has 0 unspecified atom stereocenters. The van der Waals surface area contributed by atoms with Gasteiger partial charge in [-0.15, -0.1) is 0 Å². The molecule has 0 spiro atoms. The fraction of sp³-hybridized carbons (Fsp3) is 0.190. The molecule has 0 atom stereocenters. The van der Waals surface area contributed by atoms with Crippen LogP contribution < -0.4 is 5.32 Å². The monoisotopic (exact) mass is 344 g/mol. The molecule has 2 aromatic carbocycles. The maximum absolute atomic E-state index is 12.8. The number of carbonyl (C=O) groups excluding carboxylic acids is 1. The third-order valence-electron chi connectivity index (χ3n) is 4.62. The van der Waals surface area contributed by atoms with Crippen molar-refractivity contribution in [2.45, 2.75) is 19.5 Å². The Morgan fingerprint density at radius 2 is 1.77 bits per heavy atom. The van der Waals surface area contributed by atoms with E-state index in [0.29, 0.717) is 31.1 Å². The number of anilines is 1. The van der Waals surface area contributed by atoms with Gasteiger partial charge in [0.05, 0.1) is 0 Å². The van der Waals surface area contributed by atoms with Crippen LogP contribution in [-0.4, -0.2) is 27.3 Å². The first-order chi connectivity index (χ1) is 12.8.